The van der Waals surface area contributed by atoms with Crippen molar-refractivity contribution in [3.05, 3.63) is 56.5 Å². The van der Waals surface area contributed by atoms with Crippen molar-refractivity contribution in [1.82, 2.24) is 9.55 Å². The third kappa shape index (κ3) is 2.77. The first-order chi connectivity index (χ1) is 12.5. The zero-order valence-corrected chi connectivity index (χ0v) is 17.0. The fraction of sp³-hybridized carbons (Fsp3) is 0.350. The van der Waals surface area contributed by atoms with Crippen LogP contribution in [0.5, 0.6) is 0 Å². The molecule has 0 amide bonds. The highest BCUT2D eigenvalue weighted by atomic mass is 35.5. The average molecular weight is 409 g/mol. The molecule has 3 aromatic rings. The summed E-state index contributed by atoms with van der Waals surface area (Å²) in [6, 6.07) is 9.79. The van der Waals surface area contributed by atoms with Crippen LogP contribution >= 0.6 is 34.8 Å². The molecule has 1 N–H and O–H groups in total. The van der Waals surface area contributed by atoms with Crippen LogP contribution < -0.4 is 5.32 Å². The van der Waals surface area contributed by atoms with E-state index in [2.05, 4.69) is 29.8 Å². The molecule has 0 radical (unpaired) electrons. The number of benzene rings is 2. The topological polar surface area (TPSA) is 29.9 Å². The number of nitrogens with zero attached hydrogens (tertiary/aromatic N) is 2. The molecule has 0 saturated heterocycles. The molecule has 4 rings (SSSR count). The molecule has 1 aliphatic rings. The minimum atomic E-state index is 0.0363. The van der Waals surface area contributed by atoms with E-state index >= 15 is 0 Å². The van der Waals surface area contributed by atoms with Gasteiger partial charge in [0, 0.05) is 16.6 Å². The van der Waals surface area contributed by atoms with Crippen LogP contribution in [-0.4, -0.2) is 16.1 Å². The highest BCUT2D eigenvalue weighted by molar-refractivity contribution is 6.35. The summed E-state index contributed by atoms with van der Waals surface area (Å²) < 4.78 is 2.18. The first-order valence-electron chi connectivity index (χ1n) is 8.94. The maximum absolute atomic E-state index is 6.62. The lowest BCUT2D eigenvalue weighted by molar-refractivity contribution is 0.645. The largest absolute Gasteiger partial charge is 0.353 e. The summed E-state index contributed by atoms with van der Waals surface area (Å²) in [5, 5.41) is 5.42. The molecule has 1 atom stereocenters. The van der Waals surface area contributed by atoms with Crippen LogP contribution in [0.4, 0.5) is 5.95 Å². The van der Waals surface area contributed by atoms with Gasteiger partial charge < -0.3 is 5.32 Å². The molecule has 3 nitrogen and oxygen atoms in total. The third-order valence-corrected chi connectivity index (χ3v) is 6.20. The number of nitrogens with one attached hydrogen (secondary N) is 1. The van der Waals surface area contributed by atoms with Crippen molar-refractivity contribution < 1.29 is 0 Å². The molecule has 0 aliphatic carbocycles. The minimum Gasteiger partial charge on any atom is -0.353 e. The lowest BCUT2D eigenvalue weighted by atomic mass is 9.93. The second-order valence-corrected chi connectivity index (χ2v) is 7.97. The molecular weight excluding hydrogens is 389 g/mol. The van der Waals surface area contributed by atoms with E-state index in [0.717, 1.165) is 41.9 Å². The summed E-state index contributed by atoms with van der Waals surface area (Å²) in [4.78, 5) is 4.89. The second kappa shape index (κ2) is 6.95. The van der Waals surface area contributed by atoms with Gasteiger partial charge in [-0.25, -0.2) is 4.98 Å². The number of halogens is 3. The molecule has 6 heteroatoms. The van der Waals surface area contributed by atoms with E-state index in [-0.39, 0.29) is 6.04 Å². The molecule has 0 saturated carbocycles. The number of fused-ring (bicyclic) bond motifs is 3. The van der Waals surface area contributed by atoms with Crippen molar-refractivity contribution in [3.63, 3.8) is 0 Å². The smallest absolute Gasteiger partial charge is 0.204 e. The van der Waals surface area contributed by atoms with E-state index in [0.29, 0.717) is 21.0 Å². The third-order valence-electron chi connectivity index (χ3n) is 5.33. The number of anilines is 1. The van der Waals surface area contributed by atoms with Crippen molar-refractivity contribution in [1.29, 1.82) is 0 Å². The van der Waals surface area contributed by atoms with E-state index in [9.17, 15) is 0 Å². The minimum absolute atomic E-state index is 0.0363. The predicted octanol–water partition coefficient (Wildman–Crippen LogP) is 6.92. The quantitative estimate of drug-likeness (QED) is 0.508. The number of rotatable bonds is 4. The molecule has 0 spiro atoms. The van der Waals surface area contributed by atoms with Gasteiger partial charge in [0.05, 0.1) is 22.1 Å². The number of hydrogen-bond acceptors (Lipinski definition) is 2. The fourth-order valence-electron chi connectivity index (χ4n) is 3.97. The maximum Gasteiger partial charge on any atom is 0.204 e. The van der Waals surface area contributed by atoms with Gasteiger partial charge in [-0.05, 0) is 48.1 Å². The second-order valence-electron chi connectivity index (χ2n) is 6.72. The summed E-state index contributed by atoms with van der Waals surface area (Å²) in [5.74, 6) is 1.32. The zero-order chi connectivity index (χ0) is 18.4. The normalized spacial score (nSPS) is 16.3. The molecule has 26 heavy (non-hydrogen) atoms. The Bertz CT molecular complexity index is 976. The lowest BCUT2D eigenvalue weighted by Crippen LogP contribution is -2.11. The Morgan fingerprint density at radius 1 is 1.12 bits per heavy atom. The van der Waals surface area contributed by atoms with Crippen molar-refractivity contribution in [2.24, 2.45) is 0 Å². The first kappa shape index (κ1) is 18.0. The fourth-order valence-corrected chi connectivity index (χ4v) is 4.75. The van der Waals surface area contributed by atoms with Gasteiger partial charge in [-0.1, -0.05) is 60.8 Å². The SMILES string of the molecule is CCC(CC)c1ccc(Cl)c2c1nc1n2C(c2ccc(Cl)cc2Cl)CN1. The zero-order valence-electron chi connectivity index (χ0n) is 14.7. The summed E-state index contributed by atoms with van der Waals surface area (Å²) in [6.07, 6.45) is 2.16. The molecule has 0 fully saturated rings. The molecule has 0 bridgehead atoms. The van der Waals surface area contributed by atoms with Crippen LogP contribution in [0.15, 0.2) is 30.3 Å². The lowest BCUT2D eigenvalue weighted by Gasteiger charge is -2.18. The highest BCUT2D eigenvalue weighted by Crippen LogP contribution is 2.42. The molecule has 1 aliphatic heterocycles. The Labute approximate surface area is 168 Å². The average Bonchev–Trinajstić information content (AvgIpc) is 3.18. The maximum atomic E-state index is 6.62. The van der Waals surface area contributed by atoms with E-state index < -0.39 is 0 Å². The van der Waals surface area contributed by atoms with Crippen LogP contribution in [0.1, 0.15) is 49.8 Å². The molecule has 1 aromatic heterocycles. The van der Waals surface area contributed by atoms with Crippen LogP contribution in [0.25, 0.3) is 11.0 Å². The van der Waals surface area contributed by atoms with E-state index in [4.69, 9.17) is 39.8 Å². The van der Waals surface area contributed by atoms with Crippen molar-refractivity contribution >= 4 is 51.8 Å². The van der Waals surface area contributed by atoms with Gasteiger partial charge in [0.1, 0.15) is 0 Å². The van der Waals surface area contributed by atoms with Gasteiger partial charge in [0.2, 0.25) is 5.95 Å². The van der Waals surface area contributed by atoms with Gasteiger partial charge in [0.15, 0.2) is 0 Å². The molecular formula is C20H20Cl3N3. The van der Waals surface area contributed by atoms with Gasteiger partial charge in [-0.15, -0.1) is 0 Å². The van der Waals surface area contributed by atoms with Crippen molar-refractivity contribution in [2.45, 2.75) is 38.6 Å². The predicted molar refractivity (Wildman–Crippen MR) is 111 cm³/mol. The van der Waals surface area contributed by atoms with E-state index in [1.165, 1.54) is 5.56 Å². The van der Waals surface area contributed by atoms with Crippen molar-refractivity contribution in [2.75, 3.05) is 11.9 Å². The number of imidazole rings is 1. The number of aromatic nitrogens is 2. The van der Waals surface area contributed by atoms with Crippen LogP contribution in [0, 0.1) is 0 Å². The Kier molecular flexibility index (Phi) is 4.81. The first-order valence-corrected chi connectivity index (χ1v) is 10.1. The molecule has 136 valence electrons. The summed E-state index contributed by atoms with van der Waals surface area (Å²) >= 11 is 19.2. The van der Waals surface area contributed by atoms with Crippen molar-refractivity contribution in [3.8, 4) is 0 Å². The Hall–Kier alpha value is -1.42. The van der Waals surface area contributed by atoms with Gasteiger partial charge in [-0.3, -0.25) is 4.57 Å². The van der Waals surface area contributed by atoms with Gasteiger partial charge >= 0.3 is 0 Å². The van der Waals surface area contributed by atoms with Crippen LogP contribution in [-0.2, 0) is 0 Å². The number of hydrogen-bond donors (Lipinski definition) is 1. The Balaban J connectivity index is 1.92. The van der Waals surface area contributed by atoms with Crippen LogP contribution in [0.2, 0.25) is 15.1 Å². The van der Waals surface area contributed by atoms with E-state index in [1.54, 1.807) is 6.07 Å². The van der Waals surface area contributed by atoms with Gasteiger partial charge in [0.25, 0.3) is 0 Å². The summed E-state index contributed by atoms with van der Waals surface area (Å²) in [6.45, 7) is 5.16. The Morgan fingerprint density at radius 3 is 2.58 bits per heavy atom. The van der Waals surface area contributed by atoms with Gasteiger partial charge in [-0.2, -0.15) is 0 Å². The monoisotopic (exact) mass is 407 g/mol. The van der Waals surface area contributed by atoms with E-state index in [1.807, 2.05) is 18.2 Å². The molecule has 2 heterocycles. The summed E-state index contributed by atoms with van der Waals surface area (Å²) in [7, 11) is 0. The highest BCUT2D eigenvalue weighted by Gasteiger charge is 2.30. The Morgan fingerprint density at radius 2 is 1.88 bits per heavy atom. The van der Waals surface area contributed by atoms with Crippen LogP contribution in [0.3, 0.4) is 0 Å². The summed E-state index contributed by atoms with van der Waals surface area (Å²) in [5.41, 5.74) is 4.25. The molecule has 2 aromatic carbocycles. The standard InChI is InChI=1S/C20H20Cl3N3/c1-3-11(4-2)13-7-8-15(22)19-18(13)25-20-24-10-17(26(19)20)14-6-5-12(21)9-16(14)23/h5-9,11,17H,3-4,10H2,1-2H3,(H,24,25). The molecule has 1 unspecified atom stereocenters.